The van der Waals surface area contributed by atoms with E-state index in [0.717, 1.165) is 0 Å². The summed E-state index contributed by atoms with van der Waals surface area (Å²) in [5.74, 6) is -0.618. The fraction of sp³-hybridized carbons (Fsp3) is 0.0833. The van der Waals surface area contributed by atoms with E-state index in [1.165, 1.54) is 17.8 Å². The highest BCUT2D eigenvalue weighted by molar-refractivity contribution is 7.99. The number of amides is 2. The van der Waals surface area contributed by atoms with E-state index in [1.54, 1.807) is 66.2 Å². The molecule has 1 aromatic heterocycles. The molecule has 0 aliphatic rings. The van der Waals surface area contributed by atoms with E-state index in [4.69, 9.17) is 0 Å². The van der Waals surface area contributed by atoms with Crippen LogP contribution in [0.2, 0.25) is 0 Å². The van der Waals surface area contributed by atoms with Crippen LogP contribution in [0, 0.1) is 5.82 Å². The Kier molecular flexibility index (Phi) is 6.80. The van der Waals surface area contributed by atoms with Crippen LogP contribution in [0.3, 0.4) is 0 Å². The molecule has 2 N–H and O–H groups in total. The van der Waals surface area contributed by atoms with Gasteiger partial charge in [-0.05, 0) is 36.4 Å². The maximum Gasteiger partial charge on any atom is 0.257 e. The predicted octanol–water partition coefficient (Wildman–Crippen LogP) is 4.60. The summed E-state index contributed by atoms with van der Waals surface area (Å²) < 4.78 is 15.7. The predicted molar refractivity (Wildman–Crippen MR) is 127 cm³/mol. The minimum atomic E-state index is -0.396. The summed E-state index contributed by atoms with van der Waals surface area (Å²) in [6.07, 6.45) is 0. The largest absolute Gasteiger partial charge is 0.325 e. The molecule has 0 radical (unpaired) electrons. The van der Waals surface area contributed by atoms with Gasteiger partial charge in [-0.2, -0.15) is 0 Å². The second-order valence-corrected chi connectivity index (χ2v) is 7.99. The maximum absolute atomic E-state index is 14.1. The van der Waals surface area contributed by atoms with Crippen molar-refractivity contribution in [2.45, 2.75) is 5.16 Å². The molecule has 4 rings (SSSR count). The van der Waals surface area contributed by atoms with E-state index in [-0.39, 0.29) is 17.6 Å². The molecule has 0 saturated heterocycles. The van der Waals surface area contributed by atoms with Crippen LogP contribution in [0.25, 0.3) is 11.4 Å². The molecule has 0 saturated carbocycles. The van der Waals surface area contributed by atoms with Crippen LogP contribution in [0.15, 0.2) is 84.0 Å². The number of benzene rings is 3. The van der Waals surface area contributed by atoms with Gasteiger partial charge in [0.15, 0.2) is 11.0 Å². The van der Waals surface area contributed by atoms with Gasteiger partial charge in [0.1, 0.15) is 5.82 Å². The number of hydrogen-bond acceptors (Lipinski definition) is 5. The van der Waals surface area contributed by atoms with E-state index in [0.29, 0.717) is 33.5 Å². The van der Waals surface area contributed by atoms with Gasteiger partial charge in [0.05, 0.1) is 22.6 Å². The number of para-hydroxylation sites is 2. The topological polar surface area (TPSA) is 88.9 Å². The van der Waals surface area contributed by atoms with Crippen molar-refractivity contribution >= 4 is 35.0 Å². The molecule has 0 unspecified atom stereocenters. The minimum absolute atomic E-state index is 0.0396. The SMILES string of the molecule is Cn1c(SCC(=O)Nc2ccccc2C(=O)Nc2ccccc2)nnc1-c1ccccc1F. The van der Waals surface area contributed by atoms with Gasteiger partial charge < -0.3 is 15.2 Å². The van der Waals surface area contributed by atoms with Crippen molar-refractivity contribution in [1.82, 2.24) is 14.8 Å². The molecule has 0 bridgehead atoms. The van der Waals surface area contributed by atoms with Gasteiger partial charge in [-0.25, -0.2) is 4.39 Å². The smallest absolute Gasteiger partial charge is 0.257 e. The number of carbonyl (C=O) groups is 2. The molecule has 3 aromatic carbocycles. The Hall–Kier alpha value is -3.98. The summed E-state index contributed by atoms with van der Waals surface area (Å²) in [4.78, 5) is 25.3. The van der Waals surface area contributed by atoms with E-state index < -0.39 is 5.82 Å². The second kappa shape index (κ2) is 10.1. The average molecular weight is 462 g/mol. The second-order valence-electron chi connectivity index (χ2n) is 7.05. The van der Waals surface area contributed by atoms with E-state index in [2.05, 4.69) is 20.8 Å². The summed E-state index contributed by atoms with van der Waals surface area (Å²) >= 11 is 1.17. The first kappa shape index (κ1) is 22.2. The van der Waals surface area contributed by atoms with Crippen LogP contribution in [0.5, 0.6) is 0 Å². The molecule has 2 amide bonds. The number of nitrogens with one attached hydrogen (secondary N) is 2. The third-order valence-electron chi connectivity index (χ3n) is 4.76. The molecule has 9 heteroatoms. The van der Waals surface area contributed by atoms with Gasteiger partial charge in [0, 0.05) is 12.7 Å². The Morgan fingerprint density at radius 1 is 0.909 bits per heavy atom. The molecule has 0 spiro atoms. The maximum atomic E-state index is 14.1. The number of aromatic nitrogens is 3. The summed E-state index contributed by atoms with van der Waals surface area (Å²) in [6.45, 7) is 0. The molecule has 7 nitrogen and oxygen atoms in total. The number of carbonyl (C=O) groups excluding carboxylic acids is 2. The highest BCUT2D eigenvalue weighted by Gasteiger charge is 2.17. The van der Waals surface area contributed by atoms with Crippen molar-refractivity contribution < 1.29 is 14.0 Å². The standard InChI is InChI=1S/C24H20FN5O2S/c1-30-22(17-11-5-7-13-19(17)25)28-29-24(30)33-15-21(31)27-20-14-8-6-12-18(20)23(32)26-16-9-3-2-4-10-16/h2-14H,15H2,1H3,(H,26,32)(H,27,31). The number of hydrogen-bond donors (Lipinski definition) is 2. The molecule has 166 valence electrons. The summed E-state index contributed by atoms with van der Waals surface area (Å²) in [5, 5.41) is 14.2. The van der Waals surface area contributed by atoms with Gasteiger partial charge >= 0.3 is 0 Å². The molecule has 1 heterocycles. The molecule has 4 aromatic rings. The highest BCUT2D eigenvalue weighted by atomic mass is 32.2. The van der Waals surface area contributed by atoms with E-state index in [1.807, 2.05) is 18.2 Å². The third-order valence-corrected chi connectivity index (χ3v) is 5.78. The van der Waals surface area contributed by atoms with Crippen molar-refractivity contribution in [1.29, 1.82) is 0 Å². The van der Waals surface area contributed by atoms with Crippen molar-refractivity contribution in [3.63, 3.8) is 0 Å². The number of anilines is 2. The van der Waals surface area contributed by atoms with E-state index >= 15 is 0 Å². The first-order chi connectivity index (χ1) is 16.0. The Balaban J connectivity index is 1.41. The van der Waals surface area contributed by atoms with Crippen molar-refractivity contribution in [3.05, 3.63) is 90.2 Å². The van der Waals surface area contributed by atoms with Crippen molar-refractivity contribution in [3.8, 4) is 11.4 Å². The zero-order valence-corrected chi connectivity index (χ0v) is 18.5. The van der Waals surface area contributed by atoms with Gasteiger partial charge in [0.25, 0.3) is 5.91 Å². The number of rotatable bonds is 7. The number of thioether (sulfide) groups is 1. The molecular weight excluding hydrogens is 441 g/mol. The zero-order valence-electron chi connectivity index (χ0n) is 17.7. The molecule has 0 fully saturated rings. The highest BCUT2D eigenvalue weighted by Crippen LogP contribution is 2.25. The molecular formula is C24H20FN5O2S. The summed E-state index contributed by atoms with van der Waals surface area (Å²) in [5.41, 5.74) is 1.75. The van der Waals surface area contributed by atoms with Crippen LogP contribution in [-0.2, 0) is 11.8 Å². The Morgan fingerprint density at radius 3 is 2.39 bits per heavy atom. The zero-order chi connectivity index (χ0) is 23.2. The van der Waals surface area contributed by atoms with Crippen molar-refractivity contribution in [2.24, 2.45) is 7.05 Å². The first-order valence-electron chi connectivity index (χ1n) is 10.1. The number of halogens is 1. The lowest BCUT2D eigenvalue weighted by atomic mass is 10.1. The Bertz CT molecular complexity index is 1290. The van der Waals surface area contributed by atoms with Gasteiger partial charge in [-0.15, -0.1) is 10.2 Å². The van der Waals surface area contributed by atoms with Crippen LogP contribution in [0.4, 0.5) is 15.8 Å². The quantitative estimate of drug-likeness (QED) is 0.393. The first-order valence-corrected chi connectivity index (χ1v) is 11.0. The van der Waals surface area contributed by atoms with Gasteiger partial charge in [-0.3, -0.25) is 9.59 Å². The van der Waals surface area contributed by atoms with E-state index in [9.17, 15) is 14.0 Å². The normalized spacial score (nSPS) is 10.6. The molecule has 0 aliphatic carbocycles. The number of nitrogens with zero attached hydrogens (tertiary/aromatic N) is 3. The summed E-state index contributed by atoms with van der Waals surface area (Å²) in [6, 6.07) is 22.2. The average Bonchev–Trinajstić information content (AvgIpc) is 3.19. The molecule has 33 heavy (non-hydrogen) atoms. The van der Waals surface area contributed by atoms with Crippen LogP contribution >= 0.6 is 11.8 Å². The Labute approximate surface area is 194 Å². The van der Waals surface area contributed by atoms with Gasteiger partial charge in [0.2, 0.25) is 5.91 Å². The fourth-order valence-corrected chi connectivity index (χ4v) is 3.86. The Morgan fingerprint density at radius 2 is 1.61 bits per heavy atom. The molecule has 0 aliphatic heterocycles. The fourth-order valence-electron chi connectivity index (χ4n) is 3.14. The lowest BCUT2D eigenvalue weighted by Gasteiger charge is -2.11. The molecule has 0 atom stereocenters. The minimum Gasteiger partial charge on any atom is -0.325 e. The van der Waals surface area contributed by atoms with Crippen LogP contribution < -0.4 is 10.6 Å². The monoisotopic (exact) mass is 461 g/mol. The van der Waals surface area contributed by atoms with Crippen LogP contribution in [-0.4, -0.2) is 32.3 Å². The summed E-state index contributed by atoms with van der Waals surface area (Å²) in [7, 11) is 1.71. The van der Waals surface area contributed by atoms with Crippen LogP contribution in [0.1, 0.15) is 10.4 Å². The third kappa shape index (κ3) is 5.27. The van der Waals surface area contributed by atoms with Crippen molar-refractivity contribution in [2.75, 3.05) is 16.4 Å². The lowest BCUT2D eigenvalue weighted by Crippen LogP contribution is -2.19. The lowest BCUT2D eigenvalue weighted by molar-refractivity contribution is -0.113. The van der Waals surface area contributed by atoms with Gasteiger partial charge in [-0.1, -0.05) is 54.2 Å².